The van der Waals surface area contributed by atoms with Crippen molar-refractivity contribution in [1.82, 2.24) is 9.97 Å². The van der Waals surface area contributed by atoms with Crippen LogP contribution in [0.15, 0.2) is 48.8 Å². The van der Waals surface area contributed by atoms with Crippen LogP contribution in [0.1, 0.15) is 25.0 Å². The first-order valence-corrected chi connectivity index (χ1v) is 6.88. The summed E-state index contributed by atoms with van der Waals surface area (Å²) in [4.78, 5) is 7.53. The van der Waals surface area contributed by atoms with Gasteiger partial charge < -0.3 is 9.72 Å². The maximum absolute atomic E-state index is 5.73. The number of pyridine rings is 1. The number of H-pyrrole nitrogens is 1. The summed E-state index contributed by atoms with van der Waals surface area (Å²) in [6.07, 6.45) is 4.90. The first-order chi connectivity index (χ1) is 9.70. The average Bonchev–Trinajstić information content (AvgIpc) is 2.85. The first kappa shape index (κ1) is 12.7. The number of fused-ring (bicyclic) bond motifs is 1. The summed E-state index contributed by atoms with van der Waals surface area (Å²) < 4.78 is 5.73. The standard InChI is InChI=1S/C17H18N2O/c1-12(2)20-16-5-3-4-13(10-16)8-14-9-15-6-7-18-17(15)19-11-14/h3-7,9-12H,8H2,1-2H3,(H,18,19). The molecule has 0 aliphatic rings. The number of ether oxygens (including phenoxy) is 1. The van der Waals surface area contributed by atoms with Crippen molar-refractivity contribution in [2.24, 2.45) is 0 Å². The monoisotopic (exact) mass is 266 g/mol. The van der Waals surface area contributed by atoms with E-state index in [1.54, 1.807) is 0 Å². The van der Waals surface area contributed by atoms with Crippen molar-refractivity contribution >= 4 is 11.0 Å². The van der Waals surface area contributed by atoms with E-state index < -0.39 is 0 Å². The van der Waals surface area contributed by atoms with Crippen molar-refractivity contribution in [3.8, 4) is 5.75 Å². The van der Waals surface area contributed by atoms with Gasteiger partial charge in [0.05, 0.1) is 6.10 Å². The molecule has 0 unspecified atom stereocenters. The minimum Gasteiger partial charge on any atom is -0.491 e. The van der Waals surface area contributed by atoms with Gasteiger partial charge >= 0.3 is 0 Å². The predicted octanol–water partition coefficient (Wildman–Crippen LogP) is 3.94. The minimum atomic E-state index is 0.197. The van der Waals surface area contributed by atoms with E-state index in [-0.39, 0.29) is 6.10 Å². The summed E-state index contributed by atoms with van der Waals surface area (Å²) in [5.74, 6) is 0.924. The Labute approximate surface area is 118 Å². The lowest BCUT2D eigenvalue weighted by atomic mass is 10.1. The lowest BCUT2D eigenvalue weighted by molar-refractivity contribution is 0.242. The number of hydrogen-bond acceptors (Lipinski definition) is 2. The molecule has 1 N–H and O–H groups in total. The molecule has 3 nitrogen and oxygen atoms in total. The van der Waals surface area contributed by atoms with Crippen LogP contribution in [0.4, 0.5) is 0 Å². The molecular formula is C17H18N2O. The molecule has 3 heteroatoms. The molecule has 20 heavy (non-hydrogen) atoms. The third kappa shape index (κ3) is 2.82. The van der Waals surface area contributed by atoms with Gasteiger partial charge in [-0.25, -0.2) is 4.98 Å². The zero-order valence-corrected chi connectivity index (χ0v) is 11.8. The number of aromatic nitrogens is 2. The van der Waals surface area contributed by atoms with E-state index in [1.807, 2.05) is 44.4 Å². The molecule has 0 aliphatic heterocycles. The second-order valence-electron chi connectivity index (χ2n) is 5.25. The summed E-state index contributed by atoms with van der Waals surface area (Å²) in [6.45, 7) is 4.08. The van der Waals surface area contributed by atoms with Crippen LogP contribution in [0.2, 0.25) is 0 Å². The second-order valence-corrected chi connectivity index (χ2v) is 5.25. The molecule has 3 rings (SSSR count). The lowest BCUT2D eigenvalue weighted by Gasteiger charge is -2.11. The topological polar surface area (TPSA) is 37.9 Å². The third-order valence-electron chi connectivity index (χ3n) is 3.14. The van der Waals surface area contributed by atoms with Gasteiger partial charge in [-0.2, -0.15) is 0 Å². The Balaban J connectivity index is 1.82. The molecule has 0 saturated heterocycles. The molecule has 1 aromatic carbocycles. The highest BCUT2D eigenvalue weighted by Crippen LogP contribution is 2.19. The van der Waals surface area contributed by atoms with Crippen molar-refractivity contribution in [2.45, 2.75) is 26.4 Å². The van der Waals surface area contributed by atoms with Crippen molar-refractivity contribution in [1.29, 1.82) is 0 Å². The fourth-order valence-corrected chi connectivity index (χ4v) is 2.32. The summed E-state index contributed by atoms with van der Waals surface area (Å²) in [5.41, 5.74) is 3.38. The Morgan fingerprint density at radius 2 is 2.05 bits per heavy atom. The predicted molar refractivity (Wildman–Crippen MR) is 81.1 cm³/mol. The summed E-state index contributed by atoms with van der Waals surface area (Å²) in [7, 11) is 0. The van der Waals surface area contributed by atoms with E-state index in [0.29, 0.717) is 0 Å². The molecule has 2 aromatic heterocycles. The molecule has 2 heterocycles. The van der Waals surface area contributed by atoms with Gasteiger partial charge in [0.15, 0.2) is 0 Å². The Kier molecular flexibility index (Phi) is 3.42. The van der Waals surface area contributed by atoms with E-state index in [0.717, 1.165) is 23.2 Å². The smallest absolute Gasteiger partial charge is 0.137 e. The molecule has 0 fully saturated rings. The number of aromatic amines is 1. The largest absolute Gasteiger partial charge is 0.491 e. The lowest BCUT2D eigenvalue weighted by Crippen LogP contribution is -2.05. The number of hydrogen-bond donors (Lipinski definition) is 1. The van der Waals surface area contributed by atoms with E-state index in [2.05, 4.69) is 28.2 Å². The highest BCUT2D eigenvalue weighted by molar-refractivity contribution is 5.75. The summed E-state index contributed by atoms with van der Waals surface area (Å²) in [5, 5.41) is 1.15. The molecule has 0 amide bonds. The van der Waals surface area contributed by atoms with Crippen LogP contribution in [-0.4, -0.2) is 16.1 Å². The van der Waals surface area contributed by atoms with Crippen LogP contribution in [0.3, 0.4) is 0 Å². The van der Waals surface area contributed by atoms with Gasteiger partial charge in [-0.15, -0.1) is 0 Å². The van der Waals surface area contributed by atoms with E-state index in [4.69, 9.17) is 4.74 Å². The number of rotatable bonds is 4. The Morgan fingerprint density at radius 3 is 2.90 bits per heavy atom. The average molecular weight is 266 g/mol. The number of nitrogens with one attached hydrogen (secondary N) is 1. The van der Waals surface area contributed by atoms with Gasteiger partial charge in [-0.1, -0.05) is 12.1 Å². The second kappa shape index (κ2) is 5.37. The van der Waals surface area contributed by atoms with Crippen molar-refractivity contribution in [2.75, 3.05) is 0 Å². The quantitative estimate of drug-likeness (QED) is 0.776. The zero-order valence-electron chi connectivity index (χ0n) is 11.8. The van der Waals surface area contributed by atoms with Crippen LogP contribution in [0.5, 0.6) is 5.75 Å². The Bertz CT molecular complexity index is 716. The number of nitrogens with zero attached hydrogens (tertiary/aromatic N) is 1. The third-order valence-corrected chi connectivity index (χ3v) is 3.14. The molecule has 0 bridgehead atoms. The maximum atomic E-state index is 5.73. The van der Waals surface area contributed by atoms with Crippen LogP contribution in [-0.2, 0) is 6.42 Å². The molecule has 0 radical (unpaired) electrons. The summed E-state index contributed by atoms with van der Waals surface area (Å²) >= 11 is 0. The van der Waals surface area contributed by atoms with Gasteiger partial charge in [0.1, 0.15) is 11.4 Å². The minimum absolute atomic E-state index is 0.197. The molecule has 102 valence electrons. The van der Waals surface area contributed by atoms with Gasteiger partial charge in [0.2, 0.25) is 0 Å². The molecule has 0 atom stereocenters. The SMILES string of the molecule is CC(C)Oc1cccc(Cc2cnc3[nH]ccc3c2)c1. The zero-order chi connectivity index (χ0) is 13.9. The van der Waals surface area contributed by atoms with Gasteiger partial charge in [-0.05, 0) is 55.7 Å². The van der Waals surface area contributed by atoms with E-state index in [1.165, 1.54) is 11.1 Å². The fourth-order valence-electron chi connectivity index (χ4n) is 2.32. The highest BCUT2D eigenvalue weighted by Gasteiger charge is 2.03. The Morgan fingerprint density at radius 1 is 1.15 bits per heavy atom. The van der Waals surface area contributed by atoms with Crippen LogP contribution in [0, 0.1) is 0 Å². The molecule has 0 saturated carbocycles. The van der Waals surface area contributed by atoms with Crippen molar-refractivity contribution in [3.05, 3.63) is 59.9 Å². The van der Waals surface area contributed by atoms with Crippen molar-refractivity contribution in [3.63, 3.8) is 0 Å². The number of benzene rings is 1. The normalized spacial score (nSPS) is 11.2. The molecule has 0 aliphatic carbocycles. The fraction of sp³-hybridized carbons (Fsp3) is 0.235. The van der Waals surface area contributed by atoms with Gasteiger partial charge in [0.25, 0.3) is 0 Å². The van der Waals surface area contributed by atoms with E-state index in [9.17, 15) is 0 Å². The van der Waals surface area contributed by atoms with Gasteiger partial charge in [-0.3, -0.25) is 0 Å². The van der Waals surface area contributed by atoms with E-state index >= 15 is 0 Å². The first-order valence-electron chi connectivity index (χ1n) is 6.88. The van der Waals surface area contributed by atoms with Crippen LogP contribution in [0.25, 0.3) is 11.0 Å². The molecule has 0 spiro atoms. The summed E-state index contributed by atoms with van der Waals surface area (Å²) in [6, 6.07) is 12.5. The van der Waals surface area contributed by atoms with Crippen molar-refractivity contribution < 1.29 is 4.74 Å². The maximum Gasteiger partial charge on any atom is 0.137 e. The van der Waals surface area contributed by atoms with Crippen LogP contribution < -0.4 is 4.74 Å². The molecular weight excluding hydrogens is 248 g/mol. The Hall–Kier alpha value is -2.29. The molecule has 3 aromatic rings. The highest BCUT2D eigenvalue weighted by atomic mass is 16.5. The van der Waals surface area contributed by atoms with Gasteiger partial charge in [0, 0.05) is 17.8 Å². The van der Waals surface area contributed by atoms with Crippen LogP contribution >= 0.6 is 0 Å².